The number of fused-ring (bicyclic) bond motifs is 1. The maximum atomic E-state index is 9.13. The Morgan fingerprint density at radius 3 is 2.29 bits per heavy atom. The van der Waals surface area contributed by atoms with Gasteiger partial charge in [0, 0.05) is 43.8 Å². The van der Waals surface area contributed by atoms with Crippen molar-refractivity contribution in [1.29, 1.82) is 0 Å². The van der Waals surface area contributed by atoms with Crippen LogP contribution in [0.1, 0.15) is 0 Å². The van der Waals surface area contributed by atoms with Crippen LogP contribution in [0.15, 0.2) is 60.7 Å². The number of anilines is 1. The summed E-state index contributed by atoms with van der Waals surface area (Å²) in [6.07, 6.45) is 0. The first-order chi connectivity index (χ1) is 11.9. The normalized spacial score (nSPS) is 16.0. The monoisotopic (exact) mass is 321 g/mol. The Morgan fingerprint density at radius 1 is 0.833 bits per heavy atom. The summed E-state index contributed by atoms with van der Waals surface area (Å²) in [6, 6.07) is 21.4. The lowest BCUT2D eigenvalue weighted by Crippen LogP contribution is -2.47. The average Bonchev–Trinajstić information content (AvgIpc) is 3.03. The minimum atomic E-state index is 0.240. The predicted molar refractivity (Wildman–Crippen MR) is 99.0 cm³/mol. The van der Waals surface area contributed by atoms with E-state index in [1.165, 1.54) is 22.4 Å². The van der Waals surface area contributed by atoms with Crippen LogP contribution in [-0.2, 0) is 0 Å². The molecule has 0 bridgehead atoms. The lowest BCUT2D eigenvalue weighted by atomic mass is 10.2. The molecule has 0 atom stereocenters. The van der Waals surface area contributed by atoms with Crippen molar-refractivity contribution in [3.05, 3.63) is 60.7 Å². The maximum absolute atomic E-state index is 9.13. The van der Waals surface area contributed by atoms with E-state index < -0.39 is 0 Å². The second kappa shape index (κ2) is 6.67. The molecule has 0 spiro atoms. The van der Waals surface area contributed by atoms with Crippen LogP contribution in [0.4, 0.5) is 5.82 Å². The molecular weight excluding hydrogens is 298 g/mol. The van der Waals surface area contributed by atoms with Gasteiger partial charge in [0.05, 0.1) is 12.1 Å². The zero-order chi connectivity index (χ0) is 16.4. The summed E-state index contributed by atoms with van der Waals surface area (Å²) < 4.78 is 2.36. The molecule has 4 nitrogen and oxygen atoms in total. The number of para-hydroxylation sites is 2. The Bertz CT molecular complexity index is 804. The van der Waals surface area contributed by atoms with Crippen LogP contribution in [0.2, 0.25) is 0 Å². The highest BCUT2D eigenvalue weighted by molar-refractivity contribution is 5.87. The van der Waals surface area contributed by atoms with Crippen LogP contribution in [0, 0.1) is 0 Å². The van der Waals surface area contributed by atoms with Crippen molar-refractivity contribution < 1.29 is 5.11 Å². The zero-order valence-electron chi connectivity index (χ0n) is 13.8. The Kier molecular flexibility index (Phi) is 4.24. The highest BCUT2D eigenvalue weighted by atomic mass is 16.3. The number of aromatic nitrogens is 1. The van der Waals surface area contributed by atoms with Gasteiger partial charge in [0.1, 0.15) is 5.82 Å². The van der Waals surface area contributed by atoms with Gasteiger partial charge in [-0.2, -0.15) is 0 Å². The van der Waals surface area contributed by atoms with Crippen molar-refractivity contribution in [3.8, 4) is 5.69 Å². The van der Waals surface area contributed by atoms with E-state index in [1.54, 1.807) is 0 Å². The second-order valence-electron chi connectivity index (χ2n) is 6.28. The molecule has 0 amide bonds. The topological polar surface area (TPSA) is 31.6 Å². The van der Waals surface area contributed by atoms with Crippen LogP contribution in [0.25, 0.3) is 16.6 Å². The Morgan fingerprint density at radius 2 is 1.54 bits per heavy atom. The summed E-state index contributed by atoms with van der Waals surface area (Å²) in [7, 11) is 0. The Balaban J connectivity index is 1.73. The fourth-order valence-electron chi connectivity index (χ4n) is 3.56. The molecular formula is C20H23N3O. The lowest BCUT2D eigenvalue weighted by molar-refractivity contribution is 0.188. The number of aliphatic hydroxyl groups excluding tert-OH is 1. The van der Waals surface area contributed by atoms with Gasteiger partial charge in [-0.25, -0.2) is 0 Å². The molecule has 1 aliphatic rings. The van der Waals surface area contributed by atoms with E-state index in [0.717, 1.165) is 32.7 Å². The van der Waals surface area contributed by atoms with E-state index in [4.69, 9.17) is 5.11 Å². The third-order valence-corrected chi connectivity index (χ3v) is 4.82. The van der Waals surface area contributed by atoms with Crippen molar-refractivity contribution in [3.63, 3.8) is 0 Å². The predicted octanol–water partition coefficient (Wildman–Crippen LogP) is 2.74. The summed E-state index contributed by atoms with van der Waals surface area (Å²) in [4.78, 5) is 4.78. The van der Waals surface area contributed by atoms with E-state index in [1.807, 2.05) is 0 Å². The quantitative estimate of drug-likeness (QED) is 0.802. The Labute approximate surface area is 142 Å². The zero-order valence-corrected chi connectivity index (χ0v) is 13.8. The summed E-state index contributed by atoms with van der Waals surface area (Å²) >= 11 is 0. The first-order valence-corrected chi connectivity index (χ1v) is 8.61. The average molecular weight is 321 g/mol. The number of hydrogen-bond donors (Lipinski definition) is 1. The third kappa shape index (κ3) is 2.79. The van der Waals surface area contributed by atoms with E-state index in [-0.39, 0.29) is 6.61 Å². The smallest absolute Gasteiger partial charge is 0.114 e. The van der Waals surface area contributed by atoms with Crippen LogP contribution < -0.4 is 4.90 Å². The van der Waals surface area contributed by atoms with Gasteiger partial charge in [0.15, 0.2) is 0 Å². The molecule has 1 N–H and O–H groups in total. The summed E-state index contributed by atoms with van der Waals surface area (Å²) in [5, 5.41) is 10.4. The molecule has 0 radical (unpaired) electrons. The SMILES string of the molecule is OCCN1CCN(c2cc3ccccc3n2-c2ccccc2)CC1. The maximum Gasteiger partial charge on any atom is 0.114 e. The first-order valence-electron chi connectivity index (χ1n) is 8.61. The molecule has 4 heteroatoms. The summed E-state index contributed by atoms with van der Waals surface area (Å²) in [5.41, 5.74) is 2.45. The van der Waals surface area contributed by atoms with Crippen LogP contribution in [0.5, 0.6) is 0 Å². The molecule has 4 rings (SSSR count). The largest absolute Gasteiger partial charge is 0.395 e. The van der Waals surface area contributed by atoms with Gasteiger partial charge < -0.3 is 10.0 Å². The van der Waals surface area contributed by atoms with Gasteiger partial charge in [0.25, 0.3) is 0 Å². The highest BCUT2D eigenvalue weighted by Gasteiger charge is 2.21. The number of piperazine rings is 1. The molecule has 2 heterocycles. The van der Waals surface area contributed by atoms with Gasteiger partial charge in [-0.3, -0.25) is 9.47 Å². The number of β-amino-alcohol motifs (C(OH)–C–C–N with tert-alkyl or cyclic N) is 1. The number of benzene rings is 2. The molecule has 0 unspecified atom stereocenters. The van der Waals surface area contributed by atoms with E-state index in [0.29, 0.717) is 0 Å². The Hall–Kier alpha value is -2.30. The van der Waals surface area contributed by atoms with Gasteiger partial charge in [-0.15, -0.1) is 0 Å². The minimum absolute atomic E-state index is 0.240. The highest BCUT2D eigenvalue weighted by Crippen LogP contribution is 2.30. The van der Waals surface area contributed by atoms with Crippen molar-refractivity contribution in [1.82, 2.24) is 9.47 Å². The van der Waals surface area contributed by atoms with E-state index in [2.05, 4.69) is 75.0 Å². The van der Waals surface area contributed by atoms with E-state index in [9.17, 15) is 0 Å². The molecule has 1 saturated heterocycles. The first kappa shape index (κ1) is 15.2. The van der Waals surface area contributed by atoms with E-state index >= 15 is 0 Å². The number of rotatable bonds is 4. The van der Waals surface area contributed by atoms with Crippen molar-refractivity contribution in [2.45, 2.75) is 0 Å². The van der Waals surface area contributed by atoms with Crippen LogP contribution in [0.3, 0.4) is 0 Å². The van der Waals surface area contributed by atoms with Gasteiger partial charge >= 0.3 is 0 Å². The molecule has 24 heavy (non-hydrogen) atoms. The molecule has 0 saturated carbocycles. The van der Waals surface area contributed by atoms with Gasteiger partial charge in [0.2, 0.25) is 0 Å². The molecule has 1 fully saturated rings. The number of nitrogens with zero attached hydrogens (tertiary/aromatic N) is 3. The molecule has 124 valence electrons. The molecule has 0 aliphatic carbocycles. The summed E-state index contributed by atoms with van der Waals surface area (Å²) in [6.45, 7) is 4.99. The second-order valence-corrected chi connectivity index (χ2v) is 6.28. The number of hydrogen-bond acceptors (Lipinski definition) is 3. The van der Waals surface area contributed by atoms with Gasteiger partial charge in [-0.05, 0) is 24.3 Å². The lowest BCUT2D eigenvalue weighted by Gasteiger charge is -2.36. The fraction of sp³-hybridized carbons (Fsp3) is 0.300. The fourth-order valence-corrected chi connectivity index (χ4v) is 3.56. The molecule has 3 aromatic rings. The minimum Gasteiger partial charge on any atom is -0.395 e. The third-order valence-electron chi connectivity index (χ3n) is 4.82. The molecule has 2 aromatic carbocycles. The summed E-state index contributed by atoms with van der Waals surface area (Å²) in [5.74, 6) is 1.26. The standard InChI is InChI=1S/C20H23N3O/c24-15-14-21-10-12-22(13-11-21)20-16-17-6-4-5-9-19(17)23(20)18-7-2-1-3-8-18/h1-9,16,24H,10-15H2. The van der Waals surface area contributed by atoms with Crippen molar-refractivity contribution in [2.75, 3.05) is 44.2 Å². The molecule has 1 aliphatic heterocycles. The molecule has 1 aromatic heterocycles. The van der Waals surface area contributed by atoms with Crippen molar-refractivity contribution >= 4 is 16.7 Å². The van der Waals surface area contributed by atoms with Gasteiger partial charge in [-0.1, -0.05) is 36.4 Å². The van der Waals surface area contributed by atoms with Crippen molar-refractivity contribution in [2.24, 2.45) is 0 Å². The van der Waals surface area contributed by atoms with Crippen LogP contribution in [-0.4, -0.2) is 53.9 Å². The number of aliphatic hydroxyl groups is 1. The van der Waals surface area contributed by atoms with Crippen LogP contribution >= 0.6 is 0 Å².